The lowest BCUT2D eigenvalue weighted by molar-refractivity contribution is 0.0966. The van der Waals surface area contributed by atoms with Crippen molar-refractivity contribution in [2.45, 2.75) is 44.9 Å². The SMILES string of the molecule is O=C(CCC1CCCCC1)c1ccc(Cl)cc1F. The van der Waals surface area contributed by atoms with Crippen LogP contribution < -0.4 is 0 Å². The van der Waals surface area contributed by atoms with Crippen molar-refractivity contribution < 1.29 is 9.18 Å². The van der Waals surface area contributed by atoms with Crippen molar-refractivity contribution in [3.05, 3.63) is 34.6 Å². The molecule has 1 aliphatic carbocycles. The van der Waals surface area contributed by atoms with Crippen LogP contribution >= 0.6 is 11.6 Å². The molecule has 0 amide bonds. The summed E-state index contributed by atoms with van der Waals surface area (Å²) >= 11 is 5.67. The molecule has 0 radical (unpaired) electrons. The number of carbonyl (C=O) groups excluding carboxylic acids is 1. The molecule has 0 aliphatic heterocycles. The number of hydrogen-bond donors (Lipinski definition) is 0. The maximum atomic E-state index is 13.6. The standard InChI is InChI=1S/C15H18ClFO/c16-12-7-8-13(14(17)10-12)15(18)9-6-11-4-2-1-3-5-11/h7-8,10-11H,1-6,9H2. The smallest absolute Gasteiger partial charge is 0.165 e. The van der Waals surface area contributed by atoms with Gasteiger partial charge in [-0.25, -0.2) is 4.39 Å². The van der Waals surface area contributed by atoms with Gasteiger partial charge >= 0.3 is 0 Å². The lowest BCUT2D eigenvalue weighted by Gasteiger charge is -2.20. The first-order valence-corrected chi connectivity index (χ1v) is 7.03. The molecule has 0 aromatic heterocycles. The van der Waals surface area contributed by atoms with Crippen molar-refractivity contribution in [1.29, 1.82) is 0 Å². The largest absolute Gasteiger partial charge is 0.294 e. The molecule has 0 atom stereocenters. The summed E-state index contributed by atoms with van der Waals surface area (Å²) in [6.07, 6.45) is 7.63. The van der Waals surface area contributed by atoms with Crippen LogP contribution in [0.4, 0.5) is 4.39 Å². The quantitative estimate of drug-likeness (QED) is 0.701. The highest BCUT2D eigenvalue weighted by molar-refractivity contribution is 6.30. The summed E-state index contributed by atoms with van der Waals surface area (Å²) in [5.74, 6) is 0.0453. The lowest BCUT2D eigenvalue weighted by Crippen LogP contribution is -2.10. The van der Waals surface area contributed by atoms with Crippen molar-refractivity contribution in [1.82, 2.24) is 0 Å². The van der Waals surface area contributed by atoms with Crippen LogP contribution in [-0.4, -0.2) is 5.78 Å². The first kappa shape index (κ1) is 13.5. The maximum Gasteiger partial charge on any atom is 0.165 e. The average molecular weight is 269 g/mol. The average Bonchev–Trinajstić information content (AvgIpc) is 2.37. The zero-order chi connectivity index (χ0) is 13.0. The highest BCUT2D eigenvalue weighted by Gasteiger charge is 2.17. The first-order chi connectivity index (χ1) is 8.66. The molecular weight excluding hydrogens is 251 g/mol. The van der Waals surface area contributed by atoms with E-state index in [9.17, 15) is 9.18 Å². The Hall–Kier alpha value is -0.890. The molecule has 2 rings (SSSR count). The molecule has 1 nitrogen and oxygen atoms in total. The number of halogens is 2. The third-order valence-electron chi connectivity index (χ3n) is 3.74. The van der Waals surface area contributed by atoms with Gasteiger partial charge in [-0.2, -0.15) is 0 Å². The van der Waals surface area contributed by atoms with Crippen LogP contribution in [0.25, 0.3) is 0 Å². The van der Waals surface area contributed by atoms with Gasteiger partial charge in [-0.1, -0.05) is 43.7 Å². The van der Waals surface area contributed by atoms with E-state index in [2.05, 4.69) is 0 Å². The van der Waals surface area contributed by atoms with Crippen molar-refractivity contribution in [2.75, 3.05) is 0 Å². The van der Waals surface area contributed by atoms with E-state index in [-0.39, 0.29) is 11.3 Å². The van der Waals surface area contributed by atoms with E-state index in [4.69, 9.17) is 11.6 Å². The van der Waals surface area contributed by atoms with E-state index in [1.165, 1.54) is 44.2 Å². The molecule has 1 aromatic rings. The number of rotatable bonds is 4. The van der Waals surface area contributed by atoms with Gasteiger partial charge < -0.3 is 0 Å². The van der Waals surface area contributed by atoms with Crippen LogP contribution in [0.1, 0.15) is 55.3 Å². The zero-order valence-electron chi connectivity index (χ0n) is 10.4. The minimum absolute atomic E-state index is 0.102. The van der Waals surface area contributed by atoms with Crippen LogP contribution in [-0.2, 0) is 0 Å². The molecule has 18 heavy (non-hydrogen) atoms. The molecule has 0 unspecified atom stereocenters. The number of Topliss-reactive ketones (excluding diaryl/α,β-unsaturated/α-hetero) is 1. The van der Waals surface area contributed by atoms with E-state index in [0.29, 0.717) is 17.4 Å². The molecule has 1 aromatic carbocycles. The minimum Gasteiger partial charge on any atom is -0.294 e. The Kier molecular flexibility index (Phi) is 4.76. The van der Waals surface area contributed by atoms with Gasteiger partial charge in [0.2, 0.25) is 0 Å². The first-order valence-electron chi connectivity index (χ1n) is 6.65. The Morgan fingerprint density at radius 3 is 2.67 bits per heavy atom. The van der Waals surface area contributed by atoms with Crippen molar-refractivity contribution in [3.63, 3.8) is 0 Å². The topological polar surface area (TPSA) is 17.1 Å². The second kappa shape index (κ2) is 6.33. The van der Waals surface area contributed by atoms with Crippen LogP contribution in [0.5, 0.6) is 0 Å². The molecule has 1 fully saturated rings. The van der Waals surface area contributed by atoms with E-state index < -0.39 is 5.82 Å². The van der Waals surface area contributed by atoms with Crippen LogP contribution in [0.15, 0.2) is 18.2 Å². The fraction of sp³-hybridized carbons (Fsp3) is 0.533. The molecule has 1 aliphatic rings. The Labute approximate surface area is 112 Å². The van der Waals surface area contributed by atoms with Crippen LogP contribution in [0.3, 0.4) is 0 Å². The monoisotopic (exact) mass is 268 g/mol. The van der Waals surface area contributed by atoms with E-state index in [1.54, 1.807) is 6.07 Å². The third kappa shape index (κ3) is 3.55. The van der Waals surface area contributed by atoms with Crippen molar-refractivity contribution >= 4 is 17.4 Å². The van der Waals surface area contributed by atoms with E-state index >= 15 is 0 Å². The highest BCUT2D eigenvalue weighted by Crippen LogP contribution is 2.28. The Morgan fingerprint density at radius 2 is 2.00 bits per heavy atom. The Balaban J connectivity index is 1.90. The number of carbonyl (C=O) groups is 1. The zero-order valence-corrected chi connectivity index (χ0v) is 11.2. The summed E-state index contributed by atoms with van der Waals surface area (Å²) in [7, 11) is 0. The van der Waals surface area contributed by atoms with Gasteiger partial charge in [-0.3, -0.25) is 4.79 Å². The maximum absolute atomic E-state index is 13.6. The van der Waals surface area contributed by atoms with Gasteiger partial charge in [0.1, 0.15) is 5.82 Å². The second-order valence-corrected chi connectivity index (χ2v) is 5.53. The molecule has 98 valence electrons. The summed E-state index contributed by atoms with van der Waals surface area (Å²) in [5.41, 5.74) is 0.176. The Bertz CT molecular complexity index is 425. The van der Waals surface area contributed by atoms with Gasteiger partial charge in [0.25, 0.3) is 0 Å². The van der Waals surface area contributed by atoms with Crippen LogP contribution in [0.2, 0.25) is 5.02 Å². The van der Waals surface area contributed by atoms with Crippen molar-refractivity contribution in [3.8, 4) is 0 Å². The fourth-order valence-electron chi connectivity index (χ4n) is 2.66. The normalized spacial score (nSPS) is 16.8. The van der Waals surface area contributed by atoms with Gasteiger partial charge in [-0.15, -0.1) is 0 Å². The van der Waals surface area contributed by atoms with E-state index in [1.807, 2.05) is 0 Å². The minimum atomic E-state index is -0.504. The fourth-order valence-corrected chi connectivity index (χ4v) is 2.82. The predicted molar refractivity (Wildman–Crippen MR) is 71.5 cm³/mol. The summed E-state index contributed by atoms with van der Waals surface area (Å²) in [5, 5.41) is 0.330. The molecule has 0 bridgehead atoms. The second-order valence-electron chi connectivity index (χ2n) is 5.09. The van der Waals surface area contributed by atoms with Gasteiger partial charge in [0.15, 0.2) is 5.78 Å². The summed E-state index contributed by atoms with van der Waals surface area (Å²) in [6, 6.07) is 4.26. The summed E-state index contributed by atoms with van der Waals surface area (Å²) < 4.78 is 13.6. The van der Waals surface area contributed by atoms with Gasteiger partial charge in [0.05, 0.1) is 5.56 Å². The molecule has 0 spiro atoms. The number of benzene rings is 1. The number of hydrogen-bond acceptors (Lipinski definition) is 1. The van der Waals surface area contributed by atoms with E-state index in [0.717, 1.165) is 6.42 Å². The predicted octanol–water partition coefficient (Wildman–Crippen LogP) is 5.02. The summed E-state index contributed by atoms with van der Waals surface area (Å²) in [6.45, 7) is 0. The molecule has 3 heteroatoms. The molecular formula is C15H18ClFO. The molecule has 1 saturated carbocycles. The molecule has 0 N–H and O–H groups in total. The lowest BCUT2D eigenvalue weighted by atomic mass is 9.85. The van der Waals surface area contributed by atoms with Crippen LogP contribution in [0, 0.1) is 11.7 Å². The summed E-state index contributed by atoms with van der Waals surface area (Å²) in [4.78, 5) is 11.9. The molecule has 0 saturated heterocycles. The van der Waals surface area contributed by atoms with Gasteiger partial charge in [-0.05, 0) is 30.5 Å². The van der Waals surface area contributed by atoms with Crippen molar-refractivity contribution in [2.24, 2.45) is 5.92 Å². The third-order valence-corrected chi connectivity index (χ3v) is 3.97. The molecule has 0 heterocycles. The Morgan fingerprint density at radius 1 is 1.28 bits per heavy atom. The van der Waals surface area contributed by atoms with Gasteiger partial charge in [0, 0.05) is 11.4 Å². The highest BCUT2D eigenvalue weighted by atomic mass is 35.5. The number of ketones is 1.